The average Bonchev–Trinajstić information content (AvgIpc) is 2.34. The summed E-state index contributed by atoms with van der Waals surface area (Å²) in [5.74, 6) is -2.31. The molecular weight excluding hydrogens is 274 g/mol. The van der Waals surface area contributed by atoms with Crippen LogP contribution in [0.25, 0.3) is 0 Å². The summed E-state index contributed by atoms with van der Waals surface area (Å²) in [5, 5.41) is 11.9. The van der Waals surface area contributed by atoms with E-state index in [9.17, 15) is 14.4 Å². The first-order chi connectivity index (χ1) is 8.81. The van der Waals surface area contributed by atoms with Gasteiger partial charge in [-0.25, -0.2) is 4.79 Å². The van der Waals surface area contributed by atoms with Crippen LogP contribution in [0.3, 0.4) is 0 Å². The molecule has 2 rings (SSSR count). The Hall–Kier alpha value is -1.87. The fraction of sp³-hybridized carbons (Fsp3) is 0.400. The average molecular weight is 285 g/mol. The molecule has 19 heavy (non-hydrogen) atoms. The molecule has 0 spiro atoms. The number of amides is 1. The number of nitrogens with two attached hydrogens (primary N) is 1. The largest absolute Gasteiger partial charge is 0.477 e. The number of aliphatic carboxylic acids is 1. The van der Waals surface area contributed by atoms with Crippen LogP contribution in [0.15, 0.2) is 16.9 Å². The van der Waals surface area contributed by atoms with Crippen LogP contribution in [-0.4, -0.2) is 50.7 Å². The maximum Gasteiger partial charge on any atom is 0.352 e. The number of hydrogen-bond donors (Lipinski definition) is 2. The van der Waals surface area contributed by atoms with Gasteiger partial charge >= 0.3 is 5.97 Å². The highest BCUT2D eigenvalue weighted by Crippen LogP contribution is 2.43. The van der Waals surface area contributed by atoms with Gasteiger partial charge in [0.15, 0.2) is 11.5 Å². The number of Topliss-reactive ketones (excluding diaryl/α,β-unsaturated/α-hetero) is 1. The van der Waals surface area contributed by atoms with Gasteiger partial charge < -0.3 is 15.7 Å². The predicted octanol–water partition coefficient (Wildman–Crippen LogP) is -0.884. The number of fused-ring (bicyclic) bond motifs is 1. The number of β-lactam (4-membered cyclic amide) rings is 1. The standard InChI is InChI=1S/C10H11N3O5S/c1-4(14)10(11)3-5(9(16)17)13-7(15)6(12-18-2)8(13)19-10/h3,8H,11H2,1-2H3,(H,16,17)/t8-,10?/m1/s1. The summed E-state index contributed by atoms with van der Waals surface area (Å²) >= 11 is 0.947. The van der Waals surface area contributed by atoms with E-state index in [-0.39, 0.29) is 11.4 Å². The summed E-state index contributed by atoms with van der Waals surface area (Å²) in [6.45, 7) is 1.26. The molecule has 0 bridgehead atoms. The van der Waals surface area contributed by atoms with Crippen molar-refractivity contribution in [3.05, 3.63) is 11.8 Å². The zero-order valence-corrected chi connectivity index (χ0v) is 10.9. The summed E-state index contributed by atoms with van der Waals surface area (Å²) in [6, 6.07) is 0. The minimum Gasteiger partial charge on any atom is -0.477 e. The van der Waals surface area contributed by atoms with E-state index >= 15 is 0 Å². The van der Waals surface area contributed by atoms with Crippen LogP contribution >= 0.6 is 11.8 Å². The topological polar surface area (TPSA) is 122 Å². The van der Waals surface area contributed by atoms with Crippen molar-refractivity contribution in [3.8, 4) is 0 Å². The summed E-state index contributed by atoms with van der Waals surface area (Å²) in [6.07, 6.45) is 1.08. The summed E-state index contributed by atoms with van der Waals surface area (Å²) in [4.78, 5) is 38.5. The Balaban J connectivity index is 2.47. The molecule has 0 radical (unpaired) electrons. The van der Waals surface area contributed by atoms with E-state index in [1.165, 1.54) is 14.0 Å². The lowest BCUT2D eigenvalue weighted by Crippen LogP contribution is -2.66. The Bertz CT molecular complexity index is 543. The molecule has 1 saturated heterocycles. The molecule has 2 heterocycles. The molecule has 1 amide bonds. The predicted molar refractivity (Wildman–Crippen MR) is 66.0 cm³/mol. The zero-order valence-electron chi connectivity index (χ0n) is 10.1. The van der Waals surface area contributed by atoms with Gasteiger partial charge in [-0.3, -0.25) is 14.5 Å². The second kappa shape index (κ2) is 4.35. The van der Waals surface area contributed by atoms with Crippen LogP contribution in [0.4, 0.5) is 0 Å². The molecule has 0 aliphatic carbocycles. The molecule has 0 saturated carbocycles. The van der Waals surface area contributed by atoms with Crippen molar-refractivity contribution in [2.45, 2.75) is 17.2 Å². The highest BCUT2D eigenvalue weighted by Gasteiger charge is 2.56. The van der Waals surface area contributed by atoms with Crippen molar-refractivity contribution in [1.29, 1.82) is 0 Å². The Morgan fingerprint density at radius 1 is 1.63 bits per heavy atom. The van der Waals surface area contributed by atoms with Crippen molar-refractivity contribution >= 4 is 35.1 Å². The van der Waals surface area contributed by atoms with Crippen LogP contribution in [0.1, 0.15) is 6.92 Å². The van der Waals surface area contributed by atoms with E-state index in [1.807, 2.05) is 0 Å². The normalized spacial score (nSPS) is 31.4. The molecule has 102 valence electrons. The monoisotopic (exact) mass is 285 g/mol. The van der Waals surface area contributed by atoms with Crippen molar-refractivity contribution in [2.24, 2.45) is 10.9 Å². The number of nitrogens with zero attached hydrogens (tertiary/aromatic N) is 2. The molecule has 0 aromatic carbocycles. The number of hydrogen-bond acceptors (Lipinski definition) is 7. The molecule has 2 atom stereocenters. The van der Waals surface area contributed by atoms with Gasteiger partial charge in [0, 0.05) is 0 Å². The van der Waals surface area contributed by atoms with Crippen molar-refractivity contribution in [3.63, 3.8) is 0 Å². The van der Waals surface area contributed by atoms with Gasteiger partial charge in [-0.05, 0) is 13.0 Å². The van der Waals surface area contributed by atoms with Gasteiger partial charge in [-0.1, -0.05) is 16.9 Å². The number of carbonyl (C=O) groups excluding carboxylic acids is 2. The molecule has 1 unspecified atom stereocenters. The Kier molecular flexibility index (Phi) is 3.11. The number of rotatable bonds is 3. The SMILES string of the molecule is CON=C1C(=O)N2C(C(=O)O)=CC(N)(C(C)=O)S[C@H]12. The third-order valence-corrected chi connectivity index (χ3v) is 4.24. The smallest absolute Gasteiger partial charge is 0.352 e. The minimum atomic E-state index is -1.50. The fourth-order valence-corrected chi connectivity index (χ4v) is 3.04. The third-order valence-electron chi connectivity index (χ3n) is 2.78. The number of carbonyl (C=O) groups is 3. The van der Waals surface area contributed by atoms with E-state index < -0.39 is 27.9 Å². The first kappa shape index (κ1) is 13.6. The fourth-order valence-electron chi connectivity index (χ4n) is 1.76. The first-order valence-electron chi connectivity index (χ1n) is 5.20. The molecule has 3 N–H and O–H groups in total. The van der Waals surface area contributed by atoms with E-state index in [0.717, 1.165) is 22.7 Å². The van der Waals surface area contributed by atoms with Gasteiger partial charge in [0.25, 0.3) is 5.91 Å². The lowest BCUT2D eigenvalue weighted by molar-refractivity contribution is -0.139. The van der Waals surface area contributed by atoms with Crippen LogP contribution in [-0.2, 0) is 19.2 Å². The van der Waals surface area contributed by atoms with Crippen LogP contribution in [0.2, 0.25) is 0 Å². The lowest BCUT2D eigenvalue weighted by Gasteiger charge is -2.46. The number of oxime groups is 1. The number of carboxylic acids is 1. The molecule has 9 heteroatoms. The van der Waals surface area contributed by atoms with Gasteiger partial charge in [0.05, 0.1) is 0 Å². The molecule has 0 aromatic heterocycles. The van der Waals surface area contributed by atoms with Crippen LogP contribution in [0, 0.1) is 0 Å². The number of thioether (sulfide) groups is 1. The second-order valence-corrected chi connectivity index (χ2v) is 5.35. The maximum atomic E-state index is 11.8. The van der Waals surface area contributed by atoms with Crippen LogP contribution < -0.4 is 5.73 Å². The Labute approximate surface area is 112 Å². The third kappa shape index (κ3) is 1.90. The van der Waals surface area contributed by atoms with Crippen molar-refractivity contribution in [2.75, 3.05) is 7.11 Å². The van der Waals surface area contributed by atoms with Gasteiger partial charge in [0.2, 0.25) is 0 Å². The molecule has 0 aromatic rings. The number of carboxylic acid groups (broad SMARTS) is 1. The zero-order chi connectivity index (χ0) is 14.4. The quantitative estimate of drug-likeness (QED) is 0.509. The molecular formula is C10H11N3O5S. The molecule has 2 aliphatic rings. The van der Waals surface area contributed by atoms with Crippen LogP contribution in [0.5, 0.6) is 0 Å². The summed E-state index contributed by atoms with van der Waals surface area (Å²) in [5.41, 5.74) is 5.58. The van der Waals surface area contributed by atoms with E-state index in [4.69, 9.17) is 10.8 Å². The van der Waals surface area contributed by atoms with Crippen molar-refractivity contribution < 1.29 is 24.3 Å². The van der Waals surface area contributed by atoms with E-state index in [1.54, 1.807) is 0 Å². The van der Waals surface area contributed by atoms with Gasteiger partial charge in [-0.2, -0.15) is 0 Å². The molecule has 2 aliphatic heterocycles. The Morgan fingerprint density at radius 2 is 2.26 bits per heavy atom. The van der Waals surface area contributed by atoms with Crippen molar-refractivity contribution in [1.82, 2.24) is 4.90 Å². The second-order valence-electron chi connectivity index (χ2n) is 3.99. The van der Waals surface area contributed by atoms with Gasteiger partial charge in [0.1, 0.15) is 23.1 Å². The highest BCUT2D eigenvalue weighted by molar-refractivity contribution is 8.03. The first-order valence-corrected chi connectivity index (χ1v) is 6.08. The summed E-state index contributed by atoms with van der Waals surface area (Å²) in [7, 11) is 1.27. The van der Waals surface area contributed by atoms with E-state index in [0.29, 0.717) is 0 Å². The Morgan fingerprint density at radius 3 is 2.74 bits per heavy atom. The maximum absolute atomic E-state index is 11.8. The molecule has 8 nitrogen and oxygen atoms in total. The number of ketones is 1. The van der Waals surface area contributed by atoms with Gasteiger partial charge in [-0.15, -0.1) is 0 Å². The highest BCUT2D eigenvalue weighted by atomic mass is 32.2. The minimum absolute atomic E-state index is 0.0374. The molecule has 1 fully saturated rings. The lowest BCUT2D eigenvalue weighted by atomic mass is 10.1. The summed E-state index contributed by atoms with van der Waals surface area (Å²) < 4.78 is 0. The van der Waals surface area contributed by atoms with E-state index in [2.05, 4.69) is 9.99 Å².